The Morgan fingerprint density at radius 1 is 1.06 bits per heavy atom. The summed E-state index contributed by atoms with van der Waals surface area (Å²) in [4.78, 5) is 0. The topological polar surface area (TPSA) is 20.2 Å². The fourth-order valence-electron chi connectivity index (χ4n) is 4.39. The zero-order valence-electron chi connectivity index (χ0n) is 11.3. The van der Waals surface area contributed by atoms with Crippen LogP contribution in [0.2, 0.25) is 0 Å². The molecule has 0 heterocycles. The second-order valence-electron chi connectivity index (χ2n) is 6.65. The van der Waals surface area contributed by atoms with E-state index in [4.69, 9.17) is 0 Å². The number of fused-ring (bicyclic) bond motifs is 1. The molecule has 2 saturated carbocycles. The molecule has 1 N–H and O–H groups in total. The van der Waals surface area contributed by atoms with Gasteiger partial charge in [0.25, 0.3) is 0 Å². The Kier molecular flexibility index (Phi) is 3.36. The van der Waals surface area contributed by atoms with Crippen LogP contribution >= 0.6 is 0 Å². The molecule has 0 aromatic heterocycles. The van der Waals surface area contributed by atoms with Gasteiger partial charge in [0.05, 0.1) is 5.60 Å². The van der Waals surface area contributed by atoms with Gasteiger partial charge in [0.2, 0.25) is 0 Å². The Labute approximate surface area is 101 Å². The highest BCUT2D eigenvalue weighted by molar-refractivity contribution is 5.04. The molecule has 1 atom stereocenters. The molecule has 2 rings (SSSR count). The minimum Gasteiger partial charge on any atom is -0.389 e. The zero-order chi connectivity index (χ0) is 11.8. The maximum absolute atomic E-state index is 11.0. The summed E-state index contributed by atoms with van der Waals surface area (Å²) in [5.41, 5.74) is -0.212. The third-order valence-electron chi connectivity index (χ3n) is 5.76. The van der Waals surface area contributed by atoms with Crippen molar-refractivity contribution < 1.29 is 5.11 Å². The Balaban J connectivity index is 2.30. The van der Waals surface area contributed by atoms with E-state index >= 15 is 0 Å². The normalized spacial score (nSPS) is 39.2. The minimum atomic E-state index is -0.460. The summed E-state index contributed by atoms with van der Waals surface area (Å²) in [6.07, 6.45) is 10.7. The summed E-state index contributed by atoms with van der Waals surface area (Å²) in [6, 6.07) is 0. The molecule has 0 aliphatic heterocycles. The Morgan fingerprint density at radius 2 is 1.56 bits per heavy atom. The first-order valence-corrected chi connectivity index (χ1v) is 7.23. The maximum Gasteiger partial charge on any atom is 0.0701 e. The van der Waals surface area contributed by atoms with E-state index in [2.05, 4.69) is 20.8 Å². The molecule has 16 heavy (non-hydrogen) atoms. The van der Waals surface area contributed by atoms with Gasteiger partial charge in [0.1, 0.15) is 0 Å². The fraction of sp³-hybridized carbons (Fsp3) is 1.00. The Bertz CT molecular complexity index is 230. The summed E-state index contributed by atoms with van der Waals surface area (Å²) in [6.45, 7) is 6.49. The van der Waals surface area contributed by atoms with E-state index in [1.165, 1.54) is 51.4 Å². The van der Waals surface area contributed by atoms with Crippen molar-refractivity contribution >= 4 is 0 Å². The molecular formula is C15H28O. The van der Waals surface area contributed by atoms with Gasteiger partial charge in [-0.25, -0.2) is 0 Å². The van der Waals surface area contributed by atoms with E-state index in [9.17, 15) is 5.11 Å². The lowest BCUT2D eigenvalue weighted by Crippen LogP contribution is -2.56. The highest BCUT2D eigenvalue weighted by Crippen LogP contribution is 2.58. The highest BCUT2D eigenvalue weighted by Gasteiger charge is 2.54. The van der Waals surface area contributed by atoms with Gasteiger partial charge in [-0.05, 0) is 44.4 Å². The first-order chi connectivity index (χ1) is 7.51. The van der Waals surface area contributed by atoms with Crippen molar-refractivity contribution in [1.82, 2.24) is 0 Å². The lowest BCUT2D eigenvalue weighted by Gasteiger charge is -2.57. The molecule has 1 unspecified atom stereocenters. The first-order valence-electron chi connectivity index (χ1n) is 7.23. The smallest absolute Gasteiger partial charge is 0.0701 e. The van der Waals surface area contributed by atoms with Crippen molar-refractivity contribution in [1.29, 1.82) is 0 Å². The summed E-state index contributed by atoms with van der Waals surface area (Å²) in [5, 5.41) is 11.0. The molecule has 0 bridgehead atoms. The van der Waals surface area contributed by atoms with Gasteiger partial charge in [0.15, 0.2) is 0 Å². The van der Waals surface area contributed by atoms with Gasteiger partial charge in [-0.3, -0.25) is 0 Å². The van der Waals surface area contributed by atoms with E-state index < -0.39 is 5.60 Å². The summed E-state index contributed by atoms with van der Waals surface area (Å²) in [7, 11) is 0. The third-order valence-corrected chi connectivity index (χ3v) is 5.76. The maximum atomic E-state index is 11.0. The molecule has 2 aliphatic rings. The van der Waals surface area contributed by atoms with Crippen molar-refractivity contribution in [3.05, 3.63) is 0 Å². The molecule has 2 fully saturated rings. The molecule has 0 spiro atoms. The standard InChI is InChI=1S/C15H28O/c1-12(2)14(3,16)15-10-6-4-8-13(15)9-5-7-11-15/h12-13,16H,4-11H2,1-3H3. The molecule has 0 radical (unpaired) electrons. The molecule has 2 aliphatic carbocycles. The molecule has 0 aromatic rings. The van der Waals surface area contributed by atoms with Crippen LogP contribution in [0.15, 0.2) is 0 Å². The lowest BCUT2D eigenvalue weighted by molar-refractivity contribution is -0.165. The second-order valence-corrected chi connectivity index (χ2v) is 6.65. The van der Waals surface area contributed by atoms with Crippen LogP contribution in [0.3, 0.4) is 0 Å². The van der Waals surface area contributed by atoms with Crippen molar-refractivity contribution in [3.63, 3.8) is 0 Å². The van der Waals surface area contributed by atoms with Gasteiger partial charge in [-0.1, -0.05) is 39.5 Å². The molecule has 0 aromatic carbocycles. The van der Waals surface area contributed by atoms with E-state index in [1.54, 1.807) is 0 Å². The van der Waals surface area contributed by atoms with E-state index in [0.717, 1.165) is 5.92 Å². The molecule has 0 saturated heterocycles. The summed E-state index contributed by atoms with van der Waals surface area (Å²) < 4.78 is 0. The monoisotopic (exact) mass is 224 g/mol. The zero-order valence-corrected chi connectivity index (χ0v) is 11.3. The molecule has 1 nitrogen and oxygen atoms in total. The van der Waals surface area contributed by atoms with Crippen molar-refractivity contribution in [2.24, 2.45) is 17.3 Å². The fourth-order valence-corrected chi connectivity index (χ4v) is 4.39. The lowest BCUT2D eigenvalue weighted by atomic mass is 9.50. The molecule has 1 heteroatoms. The summed E-state index contributed by atoms with van der Waals surface area (Å²) >= 11 is 0. The van der Waals surface area contributed by atoms with Crippen molar-refractivity contribution in [2.45, 2.75) is 77.7 Å². The van der Waals surface area contributed by atoms with Crippen LogP contribution in [0.25, 0.3) is 0 Å². The van der Waals surface area contributed by atoms with Crippen molar-refractivity contribution in [2.75, 3.05) is 0 Å². The number of hydrogen-bond donors (Lipinski definition) is 1. The average molecular weight is 224 g/mol. The van der Waals surface area contributed by atoms with E-state index in [1.807, 2.05) is 0 Å². The van der Waals surface area contributed by atoms with Crippen LogP contribution in [0.4, 0.5) is 0 Å². The Hall–Kier alpha value is -0.0400. The number of aliphatic hydroxyl groups is 1. The number of hydrogen-bond acceptors (Lipinski definition) is 1. The Morgan fingerprint density at radius 3 is 2.00 bits per heavy atom. The largest absolute Gasteiger partial charge is 0.389 e. The SMILES string of the molecule is CC(C)C(C)(O)C12CCCCC1CCCC2. The van der Waals surface area contributed by atoms with Gasteiger partial charge in [-0.2, -0.15) is 0 Å². The molecule has 0 amide bonds. The van der Waals surface area contributed by atoms with Gasteiger partial charge in [-0.15, -0.1) is 0 Å². The predicted molar refractivity (Wildman–Crippen MR) is 68.3 cm³/mol. The van der Waals surface area contributed by atoms with Gasteiger partial charge < -0.3 is 5.11 Å². The van der Waals surface area contributed by atoms with E-state index in [0.29, 0.717) is 5.92 Å². The van der Waals surface area contributed by atoms with Crippen LogP contribution < -0.4 is 0 Å². The minimum absolute atomic E-state index is 0.248. The highest BCUT2D eigenvalue weighted by atomic mass is 16.3. The van der Waals surface area contributed by atoms with Crippen LogP contribution in [0.1, 0.15) is 72.1 Å². The van der Waals surface area contributed by atoms with Crippen molar-refractivity contribution in [3.8, 4) is 0 Å². The van der Waals surface area contributed by atoms with E-state index in [-0.39, 0.29) is 5.41 Å². The van der Waals surface area contributed by atoms with Gasteiger partial charge in [0, 0.05) is 5.41 Å². The average Bonchev–Trinajstić information content (AvgIpc) is 2.28. The van der Waals surface area contributed by atoms with Crippen LogP contribution in [0.5, 0.6) is 0 Å². The van der Waals surface area contributed by atoms with Crippen LogP contribution in [-0.4, -0.2) is 10.7 Å². The molecule has 94 valence electrons. The number of rotatable bonds is 2. The van der Waals surface area contributed by atoms with Crippen LogP contribution in [-0.2, 0) is 0 Å². The van der Waals surface area contributed by atoms with Gasteiger partial charge >= 0.3 is 0 Å². The predicted octanol–water partition coefficient (Wildman–Crippen LogP) is 4.14. The molecular weight excluding hydrogens is 196 g/mol. The third kappa shape index (κ3) is 1.72. The first kappa shape index (κ1) is 12.4. The second kappa shape index (κ2) is 4.33. The quantitative estimate of drug-likeness (QED) is 0.747. The van der Waals surface area contributed by atoms with Crippen LogP contribution in [0, 0.1) is 17.3 Å². The summed E-state index contributed by atoms with van der Waals surface area (Å²) in [5.74, 6) is 1.18.